The van der Waals surface area contributed by atoms with Crippen molar-refractivity contribution in [2.45, 2.75) is 13.0 Å². The molecule has 21 heavy (non-hydrogen) atoms. The van der Waals surface area contributed by atoms with Crippen LogP contribution in [0.3, 0.4) is 0 Å². The molecule has 0 aliphatic carbocycles. The molecule has 1 heterocycles. The predicted octanol–water partition coefficient (Wildman–Crippen LogP) is 2.06. The van der Waals surface area contributed by atoms with Gasteiger partial charge in [-0.05, 0) is 19.1 Å². The number of methoxy groups -OCH3 is 2. The Bertz CT molecular complexity index is 637. The number of carbonyl (C=O) groups excluding carboxylic acids is 1. The zero-order valence-electron chi connectivity index (χ0n) is 12.6. The third kappa shape index (κ3) is 3.16. The summed E-state index contributed by atoms with van der Waals surface area (Å²) >= 11 is 0. The van der Waals surface area contributed by atoms with E-state index in [-0.39, 0.29) is 5.97 Å². The molecule has 0 aliphatic heterocycles. The predicted molar refractivity (Wildman–Crippen MR) is 79.3 cm³/mol. The van der Waals surface area contributed by atoms with Gasteiger partial charge in [0.05, 0.1) is 25.6 Å². The van der Waals surface area contributed by atoms with Crippen molar-refractivity contribution < 1.29 is 14.3 Å². The van der Waals surface area contributed by atoms with Gasteiger partial charge in [-0.15, -0.1) is 0 Å². The lowest BCUT2D eigenvalue weighted by Crippen LogP contribution is -2.23. The summed E-state index contributed by atoms with van der Waals surface area (Å²) in [6.45, 7) is 1.86. The summed E-state index contributed by atoms with van der Waals surface area (Å²) in [5.74, 6) is 0.282. The second-order valence-corrected chi connectivity index (χ2v) is 4.64. The van der Waals surface area contributed by atoms with Crippen molar-refractivity contribution in [1.29, 1.82) is 0 Å². The van der Waals surface area contributed by atoms with E-state index in [0.717, 1.165) is 16.9 Å². The number of aryl methyl sites for hydroxylation is 2. The third-order valence-corrected chi connectivity index (χ3v) is 3.21. The molecule has 2 aromatic rings. The number of rotatable bonds is 5. The molecule has 1 N–H and O–H groups in total. The number of nitrogens with one attached hydrogen (secondary N) is 1. The first-order chi connectivity index (χ1) is 10.1. The average Bonchev–Trinajstić information content (AvgIpc) is 2.82. The first-order valence-corrected chi connectivity index (χ1v) is 6.54. The van der Waals surface area contributed by atoms with E-state index < -0.39 is 6.04 Å². The van der Waals surface area contributed by atoms with Crippen LogP contribution in [-0.4, -0.2) is 30.0 Å². The van der Waals surface area contributed by atoms with Crippen LogP contribution >= 0.6 is 0 Å². The van der Waals surface area contributed by atoms with E-state index in [4.69, 9.17) is 9.47 Å². The molecule has 0 aliphatic rings. The van der Waals surface area contributed by atoms with Crippen LogP contribution in [-0.2, 0) is 16.6 Å². The summed E-state index contributed by atoms with van der Waals surface area (Å²) < 4.78 is 11.9. The number of nitrogens with zero attached hydrogens (tertiary/aromatic N) is 2. The van der Waals surface area contributed by atoms with Gasteiger partial charge in [-0.25, -0.2) is 4.79 Å². The highest BCUT2D eigenvalue weighted by molar-refractivity contribution is 5.82. The molecule has 0 radical (unpaired) electrons. The summed E-state index contributed by atoms with van der Waals surface area (Å²) in [6.07, 6.45) is 1.80. The summed E-state index contributed by atoms with van der Waals surface area (Å²) in [7, 11) is 4.77. The molecule has 1 unspecified atom stereocenters. The number of aromatic nitrogens is 2. The molecular formula is C15H19N3O3. The van der Waals surface area contributed by atoms with Crippen LogP contribution in [0.2, 0.25) is 0 Å². The molecule has 1 aromatic carbocycles. The Morgan fingerprint density at radius 3 is 2.62 bits per heavy atom. The van der Waals surface area contributed by atoms with Crippen molar-refractivity contribution in [3.63, 3.8) is 0 Å². The lowest BCUT2D eigenvalue weighted by Gasteiger charge is -2.19. The minimum Gasteiger partial charge on any atom is -0.495 e. The topological polar surface area (TPSA) is 65.4 Å². The number of benzene rings is 1. The molecule has 0 bridgehead atoms. The number of carbonyl (C=O) groups is 1. The van der Waals surface area contributed by atoms with Gasteiger partial charge in [0.2, 0.25) is 0 Å². The molecule has 0 saturated carbocycles. The minimum atomic E-state index is -0.639. The lowest BCUT2D eigenvalue weighted by atomic mass is 10.1. The van der Waals surface area contributed by atoms with E-state index in [2.05, 4.69) is 10.4 Å². The summed E-state index contributed by atoms with van der Waals surface area (Å²) in [5, 5.41) is 7.44. The zero-order chi connectivity index (χ0) is 15.4. The molecule has 1 aromatic heterocycles. The summed E-state index contributed by atoms with van der Waals surface area (Å²) in [5.41, 5.74) is 2.27. The van der Waals surface area contributed by atoms with Gasteiger partial charge in [-0.3, -0.25) is 4.68 Å². The largest absolute Gasteiger partial charge is 0.495 e. The third-order valence-electron chi connectivity index (χ3n) is 3.21. The van der Waals surface area contributed by atoms with Crippen LogP contribution in [0.4, 0.5) is 5.69 Å². The fourth-order valence-electron chi connectivity index (χ4n) is 2.20. The number of ether oxygens (including phenoxy) is 2. The molecule has 0 spiro atoms. The van der Waals surface area contributed by atoms with E-state index in [9.17, 15) is 4.79 Å². The second kappa shape index (κ2) is 6.30. The van der Waals surface area contributed by atoms with Gasteiger partial charge < -0.3 is 14.8 Å². The van der Waals surface area contributed by atoms with Gasteiger partial charge >= 0.3 is 5.97 Å². The maximum atomic E-state index is 12.1. The molecule has 112 valence electrons. The molecule has 6 nitrogen and oxygen atoms in total. The molecule has 2 rings (SSSR count). The minimum absolute atomic E-state index is 0.378. The van der Waals surface area contributed by atoms with E-state index in [1.165, 1.54) is 7.11 Å². The standard InChI is InChI=1S/C15H19N3O3/c1-10-11(9-18(2)17-10)14(15(19)21-4)16-12-7-5-6-8-13(12)20-3/h5-9,14,16H,1-4H3. The Labute approximate surface area is 123 Å². The molecule has 1 atom stereocenters. The van der Waals surface area contributed by atoms with E-state index in [1.807, 2.05) is 38.2 Å². The number of anilines is 1. The van der Waals surface area contributed by atoms with Gasteiger partial charge in [0.1, 0.15) is 5.75 Å². The Kier molecular flexibility index (Phi) is 4.47. The van der Waals surface area contributed by atoms with Gasteiger partial charge in [-0.2, -0.15) is 5.10 Å². The Morgan fingerprint density at radius 2 is 2.05 bits per heavy atom. The van der Waals surface area contributed by atoms with Gasteiger partial charge in [-0.1, -0.05) is 12.1 Å². The highest BCUT2D eigenvalue weighted by atomic mass is 16.5. The molecule has 6 heteroatoms. The highest BCUT2D eigenvalue weighted by Gasteiger charge is 2.26. The van der Waals surface area contributed by atoms with Crippen LogP contribution < -0.4 is 10.1 Å². The Hall–Kier alpha value is -2.50. The number of esters is 1. The van der Waals surface area contributed by atoms with Crippen molar-refractivity contribution >= 4 is 11.7 Å². The van der Waals surface area contributed by atoms with Crippen molar-refractivity contribution in [2.75, 3.05) is 19.5 Å². The van der Waals surface area contributed by atoms with Gasteiger partial charge in [0.25, 0.3) is 0 Å². The first-order valence-electron chi connectivity index (χ1n) is 6.54. The number of hydrogen-bond acceptors (Lipinski definition) is 5. The Morgan fingerprint density at radius 1 is 1.33 bits per heavy atom. The van der Waals surface area contributed by atoms with Crippen molar-refractivity contribution in [2.24, 2.45) is 7.05 Å². The fourth-order valence-corrected chi connectivity index (χ4v) is 2.20. The van der Waals surface area contributed by atoms with Crippen LogP contribution in [0.15, 0.2) is 30.5 Å². The number of para-hydroxylation sites is 2. The average molecular weight is 289 g/mol. The molecular weight excluding hydrogens is 270 g/mol. The first kappa shape index (κ1) is 14.9. The second-order valence-electron chi connectivity index (χ2n) is 4.64. The normalized spacial score (nSPS) is 11.8. The number of hydrogen-bond donors (Lipinski definition) is 1. The lowest BCUT2D eigenvalue weighted by molar-refractivity contribution is -0.141. The van der Waals surface area contributed by atoms with Crippen molar-refractivity contribution in [3.8, 4) is 5.75 Å². The van der Waals surface area contributed by atoms with Crippen molar-refractivity contribution in [1.82, 2.24) is 9.78 Å². The van der Waals surface area contributed by atoms with Crippen molar-refractivity contribution in [3.05, 3.63) is 41.7 Å². The molecule has 0 amide bonds. The van der Waals surface area contributed by atoms with Gasteiger partial charge in [0, 0.05) is 18.8 Å². The zero-order valence-corrected chi connectivity index (χ0v) is 12.6. The summed E-state index contributed by atoms with van der Waals surface area (Å²) in [6, 6.07) is 6.77. The molecule has 0 fully saturated rings. The highest BCUT2D eigenvalue weighted by Crippen LogP contribution is 2.29. The van der Waals surface area contributed by atoms with E-state index in [0.29, 0.717) is 5.75 Å². The van der Waals surface area contributed by atoms with Crippen LogP contribution in [0, 0.1) is 6.92 Å². The monoisotopic (exact) mass is 289 g/mol. The summed E-state index contributed by atoms with van der Waals surface area (Å²) in [4.78, 5) is 12.1. The van der Waals surface area contributed by atoms with Crippen LogP contribution in [0.1, 0.15) is 17.3 Å². The maximum Gasteiger partial charge on any atom is 0.333 e. The van der Waals surface area contributed by atoms with Crippen LogP contribution in [0.5, 0.6) is 5.75 Å². The SMILES string of the molecule is COC(=O)C(Nc1ccccc1OC)c1cn(C)nc1C. The maximum absolute atomic E-state index is 12.1. The fraction of sp³-hybridized carbons (Fsp3) is 0.333. The Balaban J connectivity index is 2.38. The van der Waals surface area contributed by atoms with E-state index >= 15 is 0 Å². The van der Waals surface area contributed by atoms with Gasteiger partial charge in [0.15, 0.2) is 6.04 Å². The van der Waals surface area contributed by atoms with E-state index in [1.54, 1.807) is 18.0 Å². The smallest absolute Gasteiger partial charge is 0.333 e. The van der Waals surface area contributed by atoms with Crippen LogP contribution in [0.25, 0.3) is 0 Å². The quantitative estimate of drug-likeness (QED) is 0.854. The molecule has 0 saturated heterocycles.